The molecule has 11 rings (SSSR count). The molecule has 8 aromatic carbocycles. The Bertz CT molecular complexity index is 4160. The lowest BCUT2D eigenvalue weighted by molar-refractivity contribution is 0.483. The second kappa shape index (κ2) is 17.8. The highest BCUT2D eigenvalue weighted by molar-refractivity contribution is 6.09. The standard InChI is InChI=1S/C67H64N4O/c1-44-35-63(68-42-58(44)46-23-18-24-48(36-46)65(2,3)4)71-59-30-15-14-27-56(59)57-34-33-53(41-62(57)71)72-52-26-19-25-51(40-52)69-43-70(61-32-17-16-31-60(61)69)64-54(45-21-12-11-13-22-45)28-20-29-55(64)47-37-49(66(5,6)7)39-50(38-47)67(8,9)10/h11-42H,43H2,1-10H3/i1D3,11D,12D,13D,21D,22D,35D,42D. The lowest BCUT2D eigenvalue weighted by Crippen LogP contribution is -2.25. The predicted octanol–water partition coefficient (Wildman–Crippen LogP) is 18.4. The van der Waals surface area contributed by atoms with E-state index >= 15 is 0 Å². The third kappa shape index (κ3) is 8.61. The minimum atomic E-state index is -2.76. The van der Waals surface area contributed by atoms with Crippen LogP contribution in [0.2, 0.25) is 0 Å². The van der Waals surface area contributed by atoms with Gasteiger partial charge in [-0.2, -0.15) is 0 Å². The van der Waals surface area contributed by atoms with Gasteiger partial charge in [0.1, 0.15) is 24.0 Å². The summed E-state index contributed by atoms with van der Waals surface area (Å²) in [6.45, 7) is 16.9. The van der Waals surface area contributed by atoms with Crippen molar-refractivity contribution < 1.29 is 18.4 Å². The Balaban J connectivity index is 1.02. The van der Waals surface area contributed by atoms with E-state index in [1.54, 1.807) is 10.6 Å². The first-order valence-corrected chi connectivity index (χ1v) is 24.6. The van der Waals surface area contributed by atoms with Crippen LogP contribution in [0.25, 0.3) is 61.0 Å². The molecule has 3 heterocycles. The summed E-state index contributed by atoms with van der Waals surface area (Å²) >= 11 is 0. The summed E-state index contributed by atoms with van der Waals surface area (Å²) in [6.07, 6.45) is -0.251. The van der Waals surface area contributed by atoms with Gasteiger partial charge in [-0.3, -0.25) is 4.57 Å². The van der Waals surface area contributed by atoms with Crippen LogP contribution in [0.15, 0.2) is 194 Å². The molecule has 0 fully saturated rings. The summed E-state index contributed by atoms with van der Waals surface area (Å²) in [7, 11) is 0. The van der Waals surface area contributed by atoms with E-state index in [0.717, 1.165) is 55.7 Å². The van der Waals surface area contributed by atoms with E-state index in [1.807, 2.05) is 121 Å². The number of para-hydroxylation sites is 4. The highest BCUT2D eigenvalue weighted by Crippen LogP contribution is 2.51. The fourth-order valence-corrected chi connectivity index (χ4v) is 9.85. The van der Waals surface area contributed by atoms with Gasteiger partial charge in [0.25, 0.3) is 0 Å². The molecule has 0 aliphatic carbocycles. The number of hydrogen-bond acceptors (Lipinski definition) is 4. The van der Waals surface area contributed by atoms with E-state index < -0.39 is 25.0 Å². The van der Waals surface area contributed by atoms with Crippen molar-refractivity contribution in [2.45, 2.75) is 85.4 Å². The lowest BCUT2D eigenvalue weighted by atomic mass is 9.78. The van der Waals surface area contributed by atoms with E-state index in [1.165, 1.54) is 0 Å². The molecule has 1 aliphatic rings. The Morgan fingerprint density at radius 2 is 1.14 bits per heavy atom. The highest BCUT2D eigenvalue weighted by Gasteiger charge is 2.32. The first kappa shape index (κ1) is 36.1. The van der Waals surface area contributed by atoms with Crippen LogP contribution in [0.5, 0.6) is 11.5 Å². The molecule has 358 valence electrons. The zero-order valence-corrected chi connectivity index (χ0v) is 42.3. The second-order valence-electron chi connectivity index (χ2n) is 21.9. The van der Waals surface area contributed by atoms with E-state index in [9.17, 15) is 5.48 Å². The van der Waals surface area contributed by atoms with Gasteiger partial charge in [-0.1, -0.05) is 190 Å². The molecule has 1 aliphatic heterocycles. The minimum Gasteiger partial charge on any atom is -0.457 e. The molecule has 0 N–H and O–H groups in total. The Morgan fingerprint density at radius 1 is 0.514 bits per heavy atom. The van der Waals surface area contributed by atoms with Gasteiger partial charge in [-0.15, -0.1) is 0 Å². The molecule has 0 amide bonds. The third-order valence-electron chi connectivity index (χ3n) is 13.8. The van der Waals surface area contributed by atoms with Crippen LogP contribution >= 0.6 is 0 Å². The van der Waals surface area contributed by atoms with Crippen molar-refractivity contribution in [3.8, 4) is 50.7 Å². The lowest BCUT2D eigenvalue weighted by Gasteiger charge is -2.29. The molecule has 0 radical (unpaired) electrons. The van der Waals surface area contributed by atoms with Gasteiger partial charge >= 0.3 is 0 Å². The van der Waals surface area contributed by atoms with Crippen molar-refractivity contribution in [1.82, 2.24) is 9.55 Å². The van der Waals surface area contributed by atoms with Crippen LogP contribution in [0, 0.1) is 6.85 Å². The van der Waals surface area contributed by atoms with Crippen LogP contribution < -0.4 is 14.5 Å². The average molecular weight is 951 g/mol. The molecule has 5 heteroatoms. The summed E-state index contributed by atoms with van der Waals surface area (Å²) in [4.78, 5) is 9.11. The van der Waals surface area contributed by atoms with Gasteiger partial charge in [0, 0.05) is 55.6 Å². The van der Waals surface area contributed by atoms with Crippen molar-refractivity contribution in [1.29, 1.82) is 0 Å². The van der Waals surface area contributed by atoms with Crippen molar-refractivity contribution >= 4 is 44.6 Å². The third-order valence-corrected chi connectivity index (χ3v) is 13.8. The van der Waals surface area contributed by atoms with E-state index in [4.69, 9.17) is 17.9 Å². The SMILES string of the molecule is [2H]c1nc(-n2c3ccccc3c3ccc(Oc4cccc(N5CN(c6c(-c7cc(C(C)(C)C)cc(C(C)(C)C)c7)cccc6-c6c([2H])c([2H])c([2H])c([2H])c6[2H])c6ccccc65)c4)cc32)c([2H])c(C([2H])([2H])[2H])c1-c1cccc(C(C)(C)C)c1. The van der Waals surface area contributed by atoms with Crippen molar-refractivity contribution in [2.75, 3.05) is 16.5 Å². The molecule has 0 atom stereocenters. The number of aromatic nitrogens is 2. The molecule has 0 spiro atoms. The summed E-state index contributed by atoms with van der Waals surface area (Å²) in [5.74, 6) is 0.997. The maximum absolute atomic E-state index is 9.66. The molecule has 0 unspecified atom stereocenters. The van der Waals surface area contributed by atoms with Gasteiger partial charge in [-0.05, 0) is 111 Å². The smallest absolute Gasteiger partial charge is 0.137 e. The number of anilines is 4. The molecule has 5 nitrogen and oxygen atoms in total. The molecule has 10 aromatic rings. The number of nitrogens with zero attached hydrogens (tertiary/aromatic N) is 4. The molecular weight excluding hydrogens is 877 g/mol. The number of rotatable bonds is 8. The van der Waals surface area contributed by atoms with Crippen LogP contribution in [-0.2, 0) is 16.2 Å². The maximum Gasteiger partial charge on any atom is 0.137 e. The summed E-state index contributed by atoms with van der Waals surface area (Å²) < 4.78 is 98.4. The topological polar surface area (TPSA) is 33.5 Å². The van der Waals surface area contributed by atoms with Crippen molar-refractivity contribution in [3.05, 3.63) is 216 Å². The number of ether oxygens (including phenoxy) is 1. The predicted molar refractivity (Wildman–Crippen MR) is 304 cm³/mol. The highest BCUT2D eigenvalue weighted by atomic mass is 16.5. The minimum absolute atomic E-state index is 0.0160. The zero-order chi connectivity index (χ0) is 58.7. The van der Waals surface area contributed by atoms with Gasteiger partial charge in [0.15, 0.2) is 0 Å². The largest absolute Gasteiger partial charge is 0.457 e. The van der Waals surface area contributed by atoms with Crippen LogP contribution in [0.1, 0.15) is 98.3 Å². The maximum atomic E-state index is 9.66. The molecular formula is C67H64N4O. The number of benzene rings is 8. The van der Waals surface area contributed by atoms with Gasteiger partial charge in [0.05, 0.1) is 37.7 Å². The zero-order valence-electron chi connectivity index (χ0n) is 52.3. The Kier molecular flexibility index (Phi) is 8.90. The summed E-state index contributed by atoms with van der Waals surface area (Å²) in [5.41, 5.74) is 9.84. The Labute approximate surface area is 440 Å². The Hall–Kier alpha value is -7.89. The fraction of sp³-hybridized carbons (Fsp3) is 0.209. The van der Waals surface area contributed by atoms with E-state index in [-0.39, 0.29) is 69.7 Å². The summed E-state index contributed by atoms with van der Waals surface area (Å²) in [6, 6.07) is 47.0. The van der Waals surface area contributed by atoms with E-state index in [0.29, 0.717) is 39.3 Å². The molecule has 0 bridgehead atoms. The van der Waals surface area contributed by atoms with Crippen LogP contribution in [0.3, 0.4) is 0 Å². The molecule has 0 saturated carbocycles. The normalized spacial score (nSPS) is 15.2. The van der Waals surface area contributed by atoms with E-state index in [2.05, 4.69) is 96.4 Å². The average Bonchev–Trinajstić information content (AvgIpc) is 3.89. The van der Waals surface area contributed by atoms with Crippen LogP contribution in [-0.4, -0.2) is 16.2 Å². The fourth-order valence-electron chi connectivity index (χ4n) is 9.85. The van der Waals surface area contributed by atoms with Crippen molar-refractivity contribution in [3.63, 3.8) is 0 Å². The monoisotopic (exact) mass is 951 g/mol. The Morgan fingerprint density at radius 3 is 1.86 bits per heavy atom. The summed E-state index contributed by atoms with van der Waals surface area (Å²) in [5, 5.41) is 1.67. The number of pyridine rings is 1. The molecule has 2 aromatic heterocycles. The second-order valence-corrected chi connectivity index (χ2v) is 21.9. The molecule has 72 heavy (non-hydrogen) atoms. The quantitative estimate of drug-likeness (QED) is 0.152. The van der Waals surface area contributed by atoms with Gasteiger partial charge in [-0.25, -0.2) is 4.98 Å². The molecule has 0 saturated heterocycles. The van der Waals surface area contributed by atoms with Crippen LogP contribution in [0.4, 0.5) is 22.7 Å². The number of fused-ring (bicyclic) bond motifs is 4. The van der Waals surface area contributed by atoms with Gasteiger partial charge in [0.2, 0.25) is 0 Å². The van der Waals surface area contributed by atoms with Gasteiger partial charge < -0.3 is 14.5 Å². The first-order chi connectivity index (χ1) is 38.6. The van der Waals surface area contributed by atoms with Crippen molar-refractivity contribution in [2.24, 2.45) is 0 Å². The first-order valence-electron chi connectivity index (χ1n) is 29.6. The number of hydrogen-bond donors (Lipinski definition) is 0.